The molecule has 13 heavy (non-hydrogen) atoms. The van der Waals surface area contributed by atoms with Crippen molar-refractivity contribution in [3.8, 4) is 0 Å². The molecule has 0 bridgehead atoms. The summed E-state index contributed by atoms with van der Waals surface area (Å²) in [7, 11) is 0. The smallest absolute Gasteiger partial charge is 0.316 e. The highest BCUT2D eigenvalue weighted by molar-refractivity contribution is 9.10. The van der Waals surface area contributed by atoms with Gasteiger partial charge in [-0.1, -0.05) is 0 Å². The van der Waals surface area contributed by atoms with Crippen LogP contribution in [0.25, 0.3) is 0 Å². The molecule has 0 aliphatic rings. The quantitative estimate of drug-likeness (QED) is 0.771. The highest BCUT2D eigenvalue weighted by Gasteiger charge is 2.19. The van der Waals surface area contributed by atoms with Crippen LogP contribution in [0.1, 0.15) is 25.5 Å². The van der Waals surface area contributed by atoms with Crippen molar-refractivity contribution >= 4 is 21.9 Å². The molecule has 72 valence electrons. The van der Waals surface area contributed by atoms with E-state index in [0.717, 1.165) is 0 Å². The van der Waals surface area contributed by atoms with Crippen molar-refractivity contribution in [1.29, 1.82) is 0 Å². The van der Waals surface area contributed by atoms with E-state index in [-0.39, 0.29) is 11.9 Å². The van der Waals surface area contributed by atoms with E-state index in [4.69, 9.17) is 9.15 Å². The maximum absolute atomic E-state index is 11.3. The third kappa shape index (κ3) is 2.59. The second-order valence-corrected chi connectivity index (χ2v) is 3.40. The summed E-state index contributed by atoms with van der Waals surface area (Å²) in [5, 5.41) is 0. The first-order chi connectivity index (χ1) is 6.15. The lowest BCUT2D eigenvalue weighted by molar-refractivity contribution is -0.144. The molecule has 3 nitrogen and oxygen atoms in total. The third-order valence-corrected chi connectivity index (χ3v) is 2.09. The first kappa shape index (κ1) is 10.3. The number of furan rings is 1. The maximum Gasteiger partial charge on any atom is 0.316 e. The topological polar surface area (TPSA) is 39.4 Å². The van der Waals surface area contributed by atoms with Crippen molar-refractivity contribution in [1.82, 2.24) is 0 Å². The number of rotatable bonds is 3. The molecule has 1 rings (SSSR count). The fourth-order valence-electron chi connectivity index (χ4n) is 0.944. The van der Waals surface area contributed by atoms with Gasteiger partial charge in [0.25, 0.3) is 0 Å². The second kappa shape index (κ2) is 4.46. The van der Waals surface area contributed by atoms with Crippen LogP contribution in [0.5, 0.6) is 0 Å². The molecule has 0 fully saturated rings. The summed E-state index contributed by atoms with van der Waals surface area (Å²) < 4.78 is 10.7. The molecule has 0 amide bonds. The SMILES string of the molecule is CCOC(=O)C(C)c1ccc(Br)o1. The van der Waals surface area contributed by atoms with Gasteiger partial charge in [0.05, 0.1) is 6.61 Å². The van der Waals surface area contributed by atoms with E-state index in [9.17, 15) is 4.79 Å². The molecule has 0 saturated heterocycles. The number of hydrogen-bond donors (Lipinski definition) is 0. The molecule has 0 saturated carbocycles. The van der Waals surface area contributed by atoms with Gasteiger partial charge in [-0.2, -0.15) is 0 Å². The highest BCUT2D eigenvalue weighted by atomic mass is 79.9. The van der Waals surface area contributed by atoms with Crippen molar-refractivity contribution in [2.75, 3.05) is 6.61 Å². The number of ether oxygens (including phenoxy) is 1. The lowest BCUT2D eigenvalue weighted by Gasteiger charge is -2.06. The van der Waals surface area contributed by atoms with Crippen LogP contribution in [0.4, 0.5) is 0 Å². The normalized spacial score (nSPS) is 12.5. The van der Waals surface area contributed by atoms with Gasteiger partial charge in [0.1, 0.15) is 11.7 Å². The summed E-state index contributed by atoms with van der Waals surface area (Å²) in [6.45, 7) is 3.93. The zero-order valence-corrected chi connectivity index (χ0v) is 9.13. The zero-order valence-electron chi connectivity index (χ0n) is 7.54. The predicted molar refractivity (Wildman–Crippen MR) is 51.5 cm³/mol. The van der Waals surface area contributed by atoms with E-state index in [1.165, 1.54) is 0 Å². The maximum atomic E-state index is 11.3. The Labute approximate surface area is 85.2 Å². The largest absolute Gasteiger partial charge is 0.465 e. The lowest BCUT2D eigenvalue weighted by atomic mass is 10.1. The van der Waals surface area contributed by atoms with E-state index in [2.05, 4.69) is 15.9 Å². The fraction of sp³-hybridized carbons (Fsp3) is 0.444. The summed E-state index contributed by atoms with van der Waals surface area (Å²) in [5.41, 5.74) is 0. The molecular weight excluding hydrogens is 236 g/mol. The van der Waals surface area contributed by atoms with E-state index in [0.29, 0.717) is 17.0 Å². The molecule has 0 aromatic carbocycles. The van der Waals surface area contributed by atoms with Gasteiger partial charge in [0.2, 0.25) is 0 Å². The number of hydrogen-bond acceptors (Lipinski definition) is 3. The Morgan fingerprint density at radius 1 is 1.69 bits per heavy atom. The molecule has 4 heteroatoms. The second-order valence-electron chi connectivity index (χ2n) is 2.62. The summed E-state index contributed by atoms with van der Waals surface area (Å²) in [6.07, 6.45) is 0. The van der Waals surface area contributed by atoms with Gasteiger partial charge in [0.15, 0.2) is 4.67 Å². The summed E-state index contributed by atoms with van der Waals surface area (Å²) in [4.78, 5) is 11.3. The van der Waals surface area contributed by atoms with E-state index in [1.807, 2.05) is 0 Å². The molecular formula is C9H11BrO3. The predicted octanol–water partition coefficient (Wildman–Crippen LogP) is 2.71. The Bertz CT molecular complexity index is 293. The van der Waals surface area contributed by atoms with Gasteiger partial charge in [-0.15, -0.1) is 0 Å². The molecule has 0 aliphatic carbocycles. The number of carbonyl (C=O) groups is 1. The highest BCUT2D eigenvalue weighted by Crippen LogP contribution is 2.22. The van der Waals surface area contributed by atoms with E-state index in [1.54, 1.807) is 26.0 Å². The van der Waals surface area contributed by atoms with Crippen LogP contribution in [-0.2, 0) is 9.53 Å². The number of esters is 1. The standard InChI is InChI=1S/C9H11BrO3/c1-3-12-9(11)6(2)7-4-5-8(10)13-7/h4-6H,3H2,1-2H3. The Morgan fingerprint density at radius 2 is 2.38 bits per heavy atom. The van der Waals surface area contributed by atoms with E-state index >= 15 is 0 Å². The molecule has 0 radical (unpaired) electrons. The molecule has 1 unspecified atom stereocenters. The summed E-state index contributed by atoms with van der Waals surface area (Å²) >= 11 is 3.17. The first-order valence-corrected chi connectivity index (χ1v) is 4.86. The summed E-state index contributed by atoms with van der Waals surface area (Å²) in [6, 6.07) is 3.51. The lowest BCUT2D eigenvalue weighted by Crippen LogP contribution is -2.12. The van der Waals surface area contributed by atoms with Crippen LogP contribution >= 0.6 is 15.9 Å². The monoisotopic (exact) mass is 246 g/mol. The molecule has 0 spiro atoms. The molecule has 0 N–H and O–H groups in total. The van der Waals surface area contributed by atoms with Gasteiger partial charge in [-0.25, -0.2) is 0 Å². The van der Waals surface area contributed by atoms with Crippen LogP contribution in [0.2, 0.25) is 0 Å². The van der Waals surface area contributed by atoms with Gasteiger partial charge >= 0.3 is 5.97 Å². The van der Waals surface area contributed by atoms with Crippen molar-refractivity contribution in [2.24, 2.45) is 0 Å². The number of carbonyl (C=O) groups excluding carboxylic acids is 1. The third-order valence-electron chi connectivity index (χ3n) is 1.66. The van der Waals surface area contributed by atoms with Gasteiger partial charge in [0, 0.05) is 0 Å². The van der Waals surface area contributed by atoms with E-state index < -0.39 is 0 Å². The van der Waals surface area contributed by atoms with Crippen molar-refractivity contribution in [3.05, 3.63) is 22.6 Å². The minimum absolute atomic E-state index is 0.260. The molecule has 1 aromatic rings. The number of halogens is 1. The average Bonchev–Trinajstić information content (AvgIpc) is 2.51. The minimum Gasteiger partial charge on any atom is -0.465 e. The Kier molecular flexibility index (Phi) is 3.54. The fourth-order valence-corrected chi connectivity index (χ4v) is 1.26. The van der Waals surface area contributed by atoms with Crippen LogP contribution in [0, 0.1) is 0 Å². The average molecular weight is 247 g/mol. The zero-order chi connectivity index (χ0) is 9.84. The van der Waals surface area contributed by atoms with Crippen LogP contribution < -0.4 is 0 Å². The minimum atomic E-state index is -0.341. The molecule has 0 aliphatic heterocycles. The van der Waals surface area contributed by atoms with Crippen molar-refractivity contribution in [2.45, 2.75) is 19.8 Å². The Morgan fingerprint density at radius 3 is 2.85 bits per heavy atom. The molecule has 1 heterocycles. The van der Waals surface area contributed by atoms with Crippen molar-refractivity contribution < 1.29 is 13.9 Å². The molecule has 1 aromatic heterocycles. The first-order valence-electron chi connectivity index (χ1n) is 4.07. The van der Waals surface area contributed by atoms with Crippen molar-refractivity contribution in [3.63, 3.8) is 0 Å². The van der Waals surface area contributed by atoms with Gasteiger partial charge in [-0.05, 0) is 41.9 Å². The summed E-state index contributed by atoms with van der Waals surface area (Å²) in [5.74, 6) is 0.0147. The van der Waals surface area contributed by atoms with Crippen LogP contribution in [0.3, 0.4) is 0 Å². The Hall–Kier alpha value is -0.770. The van der Waals surface area contributed by atoms with Gasteiger partial charge < -0.3 is 9.15 Å². The van der Waals surface area contributed by atoms with Gasteiger partial charge in [-0.3, -0.25) is 4.79 Å². The molecule has 1 atom stereocenters. The van der Waals surface area contributed by atoms with Crippen LogP contribution in [0.15, 0.2) is 21.2 Å². The Balaban J connectivity index is 2.67. The van der Waals surface area contributed by atoms with Crippen LogP contribution in [-0.4, -0.2) is 12.6 Å².